The Balaban J connectivity index is 2.26. The van der Waals surface area contributed by atoms with Crippen molar-refractivity contribution in [3.8, 4) is 0 Å². The molecule has 0 aliphatic heterocycles. The lowest BCUT2D eigenvalue weighted by Crippen LogP contribution is -2.25. The average Bonchev–Trinajstić information content (AvgIpc) is 3.09. The summed E-state index contributed by atoms with van der Waals surface area (Å²) in [5.74, 6) is 0. The van der Waals surface area contributed by atoms with Crippen molar-refractivity contribution in [2.45, 2.75) is 18.4 Å². The second-order valence-corrected chi connectivity index (χ2v) is 4.34. The fraction of sp³-hybridized carbons (Fsp3) is 0.455. The van der Waals surface area contributed by atoms with Gasteiger partial charge in [-0.1, -0.05) is 0 Å². The molecule has 0 amide bonds. The van der Waals surface area contributed by atoms with E-state index in [2.05, 4.69) is 10.6 Å². The first-order valence-corrected chi connectivity index (χ1v) is 5.45. The van der Waals surface area contributed by atoms with E-state index in [1.165, 1.54) is 12.1 Å². The van der Waals surface area contributed by atoms with Gasteiger partial charge in [-0.05, 0) is 18.9 Å². The van der Waals surface area contributed by atoms with Crippen LogP contribution in [-0.4, -0.2) is 29.2 Å². The molecule has 0 unspecified atom stereocenters. The van der Waals surface area contributed by atoms with E-state index in [1.54, 1.807) is 13.1 Å². The molecule has 92 valence electrons. The second-order valence-electron chi connectivity index (χ2n) is 4.34. The second kappa shape index (κ2) is 4.21. The third-order valence-electron chi connectivity index (χ3n) is 2.98. The van der Waals surface area contributed by atoms with Gasteiger partial charge in [0.1, 0.15) is 0 Å². The Bertz CT molecular complexity index is 444. The van der Waals surface area contributed by atoms with Gasteiger partial charge in [0.2, 0.25) is 0 Å². The zero-order chi connectivity index (χ0) is 12.5. The van der Waals surface area contributed by atoms with Gasteiger partial charge in [0, 0.05) is 30.6 Å². The molecule has 1 aliphatic carbocycles. The summed E-state index contributed by atoms with van der Waals surface area (Å²) in [5, 5.41) is 26.0. The molecule has 17 heavy (non-hydrogen) atoms. The Labute approximate surface area is 98.8 Å². The quantitative estimate of drug-likeness (QED) is 0.534. The van der Waals surface area contributed by atoms with Crippen molar-refractivity contribution < 1.29 is 10.0 Å². The third kappa shape index (κ3) is 2.47. The predicted octanol–water partition coefficient (Wildman–Crippen LogP) is 1.57. The van der Waals surface area contributed by atoms with Crippen molar-refractivity contribution in [3.63, 3.8) is 0 Å². The Morgan fingerprint density at radius 3 is 2.53 bits per heavy atom. The SMILES string of the molecule is CNc1cc(NC2(CO)CC2)cc([N+](=O)[O-])c1. The zero-order valence-electron chi connectivity index (χ0n) is 9.56. The molecule has 6 nitrogen and oxygen atoms in total. The highest BCUT2D eigenvalue weighted by Crippen LogP contribution is 2.39. The first-order chi connectivity index (χ1) is 8.08. The molecule has 0 atom stereocenters. The van der Waals surface area contributed by atoms with Crippen LogP contribution in [0.25, 0.3) is 0 Å². The number of benzene rings is 1. The fourth-order valence-electron chi connectivity index (χ4n) is 1.71. The molecular weight excluding hydrogens is 222 g/mol. The molecule has 1 aromatic carbocycles. The number of nitro groups is 1. The van der Waals surface area contributed by atoms with E-state index in [4.69, 9.17) is 0 Å². The van der Waals surface area contributed by atoms with E-state index in [1.807, 2.05) is 0 Å². The summed E-state index contributed by atoms with van der Waals surface area (Å²) in [6, 6.07) is 4.75. The smallest absolute Gasteiger partial charge is 0.273 e. The minimum Gasteiger partial charge on any atom is -0.394 e. The van der Waals surface area contributed by atoms with Crippen LogP contribution < -0.4 is 10.6 Å². The van der Waals surface area contributed by atoms with Crippen molar-refractivity contribution >= 4 is 17.1 Å². The molecule has 3 N–H and O–H groups in total. The summed E-state index contributed by atoms with van der Waals surface area (Å²) in [4.78, 5) is 10.3. The number of nitrogens with one attached hydrogen (secondary N) is 2. The Kier molecular flexibility index (Phi) is 2.89. The molecule has 0 aromatic heterocycles. The van der Waals surface area contributed by atoms with Crippen LogP contribution in [0, 0.1) is 10.1 Å². The standard InChI is InChI=1S/C11H15N3O3/c1-12-8-4-9(6-10(5-8)14(16)17)13-11(7-15)2-3-11/h4-6,12-13,15H,2-3,7H2,1H3. The zero-order valence-corrected chi connectivity index (χ0v) is 9.56. The van der Waals surface area contributed by atoms with E-state index >= 15 is 0 Å². The molecule has 0 radical (unpaired) electrons. The summed E-state index contributed by atoms with van der Waals surface area (Å²) < 4.78 is 0. The summed E-state index contributed by atoms with van der Waals surface area (Å²) in [6.45, 7) is 0.0462. The number of aliphatic hydroxyl groups excluding tert-OH is 1. The predicted molar refractivity (Wildman–Crippen MR) is 65.3 cm³/mol. The van der Waals surface area contributed by atoms with Crippen LogP contribution in [0.5, 0.6) is 0 Å². The molecule has 0 spiro atoms. The Morgan fingerprint density at radius 1 is 1.41 bits per heavy atom. The lowest BCUT2D eigenvalue weighted by molar-refractivity contribution is -0.384. The van der Waals surface area contributed by atoms with Crippen molar-refractivity contribution in [2.75, 3.05) is 24.3 Å². The Hall–Kier alpha value is -1.82. The van der Waals surface area contributed by atoms with Crippen LogP contribution in [0.15, 0.2) is 18.2 Å². The topological polar surface area (TPSA) is 87.4 Å². The van der Waals surface area contributed by atoms with E-state index < -0.39 is 4.92 Å². The number of anilines is 2. The summed E-state index contributed by atoms with van der Waals surface area (Å²) in [6.07, 6.45) is 1.78. The van der Waals surface area contributed by atoms with Crippen LogP contribution in [0.3, 0.4) is 0 Å². The monoisotopic (exact) mass is 237 g/mol. The van der Waals surface area contributed by atoms with Crippen molar-refractivity contribution in [1.29, 1.82) is 0 Å². The highest BCUT2D eigenvalue weighted by molar-refractivity contribution is 5.64. The molecule has 6 heteroatoms. The van der Waals surface area contributed by atoms with Gasteiger partial charge < -0.3 is 15.7 Å². The first-order valence-electron chi connectivity index (χ1n) is 5.45. The maximum absolute atomic E-state index is 10.8. The molecule has 1 aromatic rings. The van der Waals surface area contributed by atoms with Crippen LogP contribution in [0.4, 0.5) is 17.1 Å². The molecule has 0 saturated heterocycles. The van der Waals surface area contributed by atoms with Gasteiger partial charge in [-0.2, -0.15) is 0 Å². The molecule has 1 aliphatic rings. The normalized spacial score (nSPS) is 16.4. The van der Waals surface area contributed by atoms with E-state index in [-0.39, 0.29) is 17.8 Å². The summed E-state index contributed by atoms with van der Waals surface area (Å²) >= 11 is 0. The van der Waals surface area contributed by atoms with Gasteiger partial charge in [0.15, 0.2) is 0 Å². The largest absolute Gasteiger partial charge is 0.394 e. The van der Waals surface area contributed by atoms with E-state index in [0.29, 0.717) is 11.4 Å². The maximum atomic E-state index is 10.8. The third-order valence-corrected chi connectivity index (χ3v) is 2.98. The summed E-state index contributed by atoms with van der Waals surface area (Å²) in [7, 11) is 1.71. The minimum absolute atomic E-state index is 0.0353. The molecule has 0 heterocycles. The molecular formula is C11H15N3O3. The number of aliphatic hydroxyl groups is 1. The Morgan fingerprint density at radius 2 is 2.06 bits per heavy atom. The lowest BCUT2D eigenvalue weighted by atomic mass is 10.2. The van der Waals surface area contributed by atoms with Crippen molar-refractivity contribution in [3.05, 3.63) is 28.3 Å². The number of hydrogen-bond donors (Lipinski definition) is 3. The van der Waals surface area contributed by atoms with Gasteiger partial charge in [-0.15, -0.1) is 0 Å². The number of rotatable bonds is 5. The molecule has 0 bridgehead atoms. The molecule has 1 fully saturated rings. The number of nitrogens with zero attached hydrogens (tertiary/aromatic N) is 1. The maximum Gasteiger partial charge on any atom is 0.273 e. The number of nitro benzene ring substituents is 1. The fourth-order valence-corrected chi connectivity index (χ4v) is 1.71. The van der Waals surface area contributed by atoms with E-state index in [0.717, 1.165) is 12.8 Å². The average molecular weight is 237 g/mol. The van der Waals surface area contributed by atoms with Gasteiger partial charge in [-0.25, -0.2) is 0 Å². The molecule has 1 saturated carbocycles. The molecule has 2 rings (SSSR count). The van der Waals surface area contributed by atoms with Crippen LogP contribution >= 0.6 is 0 Å². The van der Waals surface area contributed by atoms with Gasteiger partial charge in [-0.3, -0.25) is 10.1 Å². The van der Waals surface area contributed by atoms with Crippen LogP contribution in [0.2, 0.25) is 0 Å². The van der Waals surface area contributed by atoms with Gasteiger partial charge in [0.25, 0.3) is 5.69 Å². The van der Waals surface area contributed by atoms with Crippen molar-refractivity contribution in [1.82, 2.24) is 0 Å². The van der Waals surface area contributed by atoms with Gasteiger partial charge >= 0.3 is 0 Å². The summed E-state index contributed by atoms with van der Waals surface area (Å²) in [5.41, 5.74) is 1.10. The number of hydrogen-bond acceptors (Lipinski definition) is 5. The van der Waals surface area contributed by atoms with Crippen LogP contribution in [0.1, 0.15) is 12.8 Å². The van der Waals surface area contributed by atoms with Crippen molar-refractivity contribution in [2.24, 2.45) is 0 Å². The number of non-ortho nitro benzene ring substituents is 1. The highest BCUT2D eigenvalue weighted by atomic mass is 16.6. The highest BCUT2D eigenvalue weighted by Gasteiger charge is 2.42. The minimum atomic E-state index is -0.426. The first kappa shape index (κ1) is 11.7. The van der Waals surface area contributed by atoms with Gasteiger partial charge in [0.05, 0.1) is 17.1 Å². The van der Waals surface area contributed by atoms with E-state index in [9.17, 15) is 15.2 Å². The van der Waals surface area contributed by atoms with Crippen LogP contribution in [-0.2, 0) is 0 Å². The lowest BCUT2D eigenvalue weighted by Gasteiger charge is -2.16.